The van der Waals surface area contributed by atoms with Crippen LogP contribution < -0.4 is 0 Å². The Morgan fingerprint density at radius 3 is 1.93 bits per heavy atom. The van der Waals surface area contributed by atoms with E-state index in [4.69, 9.17) is 22.4 Å². The van der Waals surface area contributed by atoms with E-state index in [1.165, 1.54) is 0 Å². The van der Waals surface area contributed by atoms with Gasteiger partial charge in [-0.25, -0.2) is 4.79 Å². The van der Waals surface area contributed by atoms with E-state index in [1.54, 1.807) is 6.92 Å². The highest BCUT2D eigenvalue weighted by Crippen LogP contribution is 2.25. The molecule has 0 rings (SSSR count). The van der Waals surface area contributed by atoms with Crippen LogP contribution in [0.3, 0.4) is 0 Å². The Balaban J connectivity index is 5.72. The summed E-state index contributed by atoms with van der Waals surface area (Å²) in [5.41, 5.74) is 0.311. The lowest BCUT2D eigenvalue weighted by molar-refractivity contribution is -0.208. The topological polar surface area (TPSA) is 63.2 Å². The lowest BCUT2D eigenvalue weighted by atomic mass is 10.3. The van der Waals surface area contributed by atoms with E-state index in [2.05, 4.69) is 49.9 Å². The molecule has 29 heavy (non-hydrogen) atoms. The minimum Gasteiger partial charge on any atom is -0.520 e. The molecule has 0 bridgehead atoms. The predicted octanol–water partition coefficient (Wildman–Crippen LogP) is 5.14. The van der Waals surface area contributed by atoms with Gasteiger partial charge in [-0.2, -0.15) is 0 Å². The molecule has 0 saturated carbocycles. The molecule has 0 aliphatic rings. The van der Waals surface area contributed by atoms with E-state index < -0.39 is 46.4 Å². The van der Waals surface area contributed by atoms with E-state index in [0.29, 0.717) is 5.57 Å². The van der Waals surface area contributed by atoms with E-state index in [-0.39, 0.29) is 11.1 Å². The third-order valence-corrected chi connectivity index (χ3v) is 13.1. The second-order valence-electron chi connectivity index (χ2n) is 9.51. The summed E-state index contributed by atoms with van der Waals surface area (Å²) >= 11 is 0. The van der Waals surface area contributed by atoms with Gasteiger partial charge in [0.15, 0.2) is 8.32 Å². The highest BCUT2D eigenvalue weighted by molar-refractivity contribution is 6.78. The first-order chi connectivity index (χ1) is 12.9. The van der Waals surface area contributed by atoms with Crippen LogP contribution in [0, 0.1) is 0 Å². The highest BCUT2D eigenvalue weighted by Gasteiger charge is 2.35. The molecule has 0 aromatic rings. The fraction of sp³-hybridized carbons (Fsp3) is 0.833. The second kappa shape index (κ2) is 11.4. The van der Waals surface area contributed by atoms with Gasteiger partial charge in [0.2, 0.25) is 25.7 Å². The molecule has 2 atom stereocenters. The first-order valence-electron chi connectivity index (χ1n) is 10.1. The Kier molecular flexibility index (Phi) is 11.4. The zero-order valence-corrected chi connectivity index (χ0v) is 25.3. The van der Waals surface area contributed by atoms with Gasteiger partial charge in [0.25, 0.3) is 12.4 Å². The number of esters is 1. The zero-order chi connectivity index (χ0) is 23.2. The summed E-state index contributed by atoms with van der Waals surface area (Å²) < 4.78 is 29.9. The Morgan fingerprint density at radius 2 is 1.55 bits per heavy atom. The van der Waals surface area contributed by atoms with E-state index in [9.17, 15) is 4.79 Å². The van der Waals surface area contributed by atoms with Crippen LogP contribution in [-0.2, 0) is 27.2 Å². The van der Waals surface area contributed by atoms with Crippen molar-refractivity contribution in [3.05, 3.63) is 11.5 Å². The summed E-state index contributed by atoms with van der Waals surface area (Å²) in [6.45, 7) is 23.2. The number of ether oxygens (including phenoxy) is 1. The van der Waals surface area contributed by atoms with Crippen LogP contribution in [0.5, 0.6) is 0 Å². The maximum absolute atomic E-state index is 12.9. The Morgan fingerprint density at radius 1 is 1.03 bits per heavy atom. The van der Waals surface area contributed by atoms with Crippen LogP contribution in [0.25, 0.3) is 0 Å². The highest BCUT2D eigenvalue weighted by atomic mass is 28.4. The molecule has 0 heterocycles. The number of hydrogen-bond donors (Lipinski definition) is 0. The maximum atomic E-state index is 12.9. The summed E-state index contributed by atoms with van der Waals surface area (Å²) in [5.74, 6) is -0.256. The summed E-state index contributed by atoms with van der Waals surface area (Å²) in [5, 5.41) is 0.166. The van der Waals surface area contributed by atoms with Gasteiger partial charge in [-0.1, -0.05) is 13.8 Å². The predicted molar refractivity (Wildman–Crippen MR) is 128 cm³/mol. The van der Waals surface area contributed by atoms with Crippen molar-refractivity contribution in [2.75, 3.05) is 0 Å². The van der Waals surface area contributed by atoms with Gasteiger partial charge < -0.3 is 22.4 Å². The molecular weight excluding hydrogens is 453 g/mol. The molecular formula is C18H40O6Si5. The smallest absolute Gasteiger partial charge is 0.344 e. The molecule has 0 aromatic carbocycles. The molecule has 4 radical (unpaired) electrons. The molecule has 0 N–H and O–H groups in total. The summed E-state index contributed by atoms with van der Waals surface area (Å²) in [6, 6.07) is 0.906. The van der Waals surface area contributed by atoms with Crippen LogP contribution >= 0.6 is 0 Å². The number of hydrogen-bond acceptors (Lipinski definition) is 6. The van der Waals surface area contributed by atoms with Crippen LogP contribution in [-0.4, -0.2) is 56.7 Å². The number of rotatable bonds is 12. The van der Waals surface area contributed by atoms with Gasteiger partial charge >= 0.3 is 5.97 Å². The quantitative estimate of drug-likeness (QED) is 0.123. The molecule has 168 valence electrons. The normalized spacial score (nSPS) is 16.2. The maximum Gasteiger partial charge on any atom is 0.344 e. The van der Waals surface area contributed by atoms with E-state index in [1.807, 2.05) is 33.1 Å². The van der Waals surface area contributed by atoms with Crippen molar-refractivity contribution in [2.24, 2.45) is 0 Å². The zero-order valence-electron chi connectivity index (χ0n) is 20.3. The Bertz CT molecular complexity index is 570. The lowest BCUT2D eigenvalue weighted by Gasteiger charge is -2.33. The average Bonchev–Trinajstić information content (AvgIpc) is 2.50. The minimum atomic E-state index is -2.16. The lowest BCUT2D eigenvalue weighted by Crippen LogP contribution is -2.43. The SMILES string of the molecule is CC[Si](C)(C)O/C(O[Si](C)(C)C)=C(/C)C(=O)OC(O[Si](C)C)O[Si](C)(C)C(C)[Si]. The minimum absolute atomic E-state index is 0.166. The Labute approximate surface area is 186 Å². The molecule has 0 spiro atoms. The first kappa shape index (κ1) is 28.8. The molecule has 0 aromatic heterocycles. The van der Waals surface area contributed by atoms with Crippen LogP contribution in [0.1, 0.15) is 20.8 Å². The average molecular weight is 493 g/mol. The third-order valence-electron chi connectivity index (χ3n) is 4.21. The third kappa shape index (κ3) is 11.7. The molecule has 0 aliphatic carbocycles. The van der Waals surface area contributed by atoms with E-state index >= 15 is 0 Å². The molecule has 0 saturated heterocycles. The Hall–Kier alpha value is -0.186. The van der Waals surface area contributed by atoms with Crippen molar-refractivity contribution in [3.63, 3.8) is 0 Å². The number of carbonyl (C=O) groups excluding carboxylic acids is 1. The first-order valence-corrected chi connectivity index (χ1v) is 22.6. The molecule has 6 nitrogen and oxygen atoms in total. The van der Waals surface area contributed by atoms with Gasteiger partial charge in [-0.3, -0.25) is 0 Å². The molecule has 2 unspecified atom stereocenters. The molecule has 0 fully saturated rings. The van der Waals surface area contributed by atoms with Gasteiger partial charge in [0.1, 0.15) is 5.57 Å². The van der Waals surface area contributed by atoms with Crippen molar-refractivity contribution >= 4 is 50.2 Å². The summed E-state index contributed by atoms with van der Waals surface area (Å²) in [4.78, 5) is 12.9. The van der Waals surface area contributed by atoms with Crippen molar-refractivity contribution in [1.29, 1.82) is 0 Å². The van der Waals surface area contributed by atoms with Gasteiger partial charge in [0.05, 0.1) is 0 Å². The second-order valence-corrected chi connectivity index (χ2v) is 26.2. The van der Waals surface area contributed by atoms with E-state index in [0.717, 1.165) is 6.04 Å². The van der Waals surface area contributed by atoms with Crippen molar-refractivity contribution in [2.45, 2.75) is 97.4 Å². The van der Waals surface area contributed by atoms with Crippen LogP contribution in [0.15, 0.2) is 11.5 Å². The largest absolute Gasteiger partial charge is 0.520 e. The van der Waals surface area contributed by atoms with Crippen LogP contribution in [0.2, 0.25) is 70.1 Å². The standard InChI is InChI=1S/C18H40O6Si5/c1-13-28(9,10)23-17(22-27(6,7)8)14(2)16(19)20-18(21-26(4)5)24-29(11,12)15(3)25/h15,18H,13H2,1-12H3/b17-14-. The van der Waals surface area contributed by atoms with Crippen molar-refractivity contribution in [3.8, 4) is 0 Å². The monoisotopic (exact) mass is 492 g/mol. The van der Waals surface area contributed by atoms with Gasteiger partial charge in [0, 0.05) is 10.2 Å². The van der Waals surface area contributed by atoms with Gasteiger partial charge in [-0.05, 0) is 77.1 Å². The van der Waals surface area contributed by atoms with Crippen LogP contribution in [0.4, 0.5) is 0 Å². The molecule has 11 heteroatoms. The molecule has 0 amide bonds. The van der Waals surface area contributed by atoms with Crippen molar-refractivity contribution < 1.29 is 27.2 Å². The summed E-state index contributed by atoms with van der Waals surface area (Å²) in [7, 11) is -3.63. The summed E-state index contributed by atoms with van der Waals surface area (Å²) in [6.07, 6.45) is 0. The fourth-order valence-electron chi connectivity index (χ4n) is 1.65. The van der Waals surface area contributed by atoms with Gasteiger partial charge in [-0.15, -0.1) is 0 Å². The van der Waals surface area contributed by atoms with Crippen molar-refractivity contribution in [1.82, 2.24) is 0 Å². The fourth-order valence-corrected chi connectivity index (χ4v) is 4.90. The number of carbonyl (C=O) groups is 1. The molecule has 0 aliphatic heterocycles.